The Labute approximate surface area is 162 Å². The Bertz CT molecular complexity index is 297. The molecule has 1 unspecified atom stereocenters. The Morgan fingerprint density at radius 2 is 1.23 bits per heavy atom. The molecule has 0 heterocycles. The third kappa shape index (κ3) is 19.7. The van der Waals surface area contributed by atoms with Gasteiger partial charge in [0.05, 0.1) is 12.7 Å². The van der Waals surface area contributed by atoms with Crippen molar-refractivity contribution in [1.29, 1.82) is 0 Å². The summed E-state index contributed by atoms with van der Waals surface area (Å²) in [7, 11) is 0. The van der Waals surface area contributed by atoms with E-state index in [9.17, 15) is 9.90 Å². The van der Waals surface area contributed by atoms with E-state index in [1.54, 1.807) is 0 Å². The van der Waals surface area contributed by atoms with Gasteiger partial charge in [-0.15, -0.1) is 0 Å². The second kappa shape index (κ2) is 20.7. The minimum Gasteiger partial charge on any atom is -0.395 e. The first-order valence-corrected chi connectivity index (χ1v) is 11.3. The second-order valence-corrected chi connectivity index (χ2v) is 7.65. The molecule has 0 aromatic carbocycles. The molecule has 0 bridgehead atoms. The number of hydrogen-bond donors (Lipinski definition) is 3. The molecule has 0 saturated carbocycles. The Morgan fingerprint density at radius 3 is 1.73 bits per heavy atom. The summed E-state index contributed by atoms with van der Waals surface area (Å²) in [5, 5.41) is 21.2. The summed E-state index contributed by atoms with van der Waals surface area (Å²) in [5.41, 5.74) is 0. The largest absolute Gasteiger partial charge is 0.395 e. The Balaban J connectivity index is 3.21. The van der Waals surface area contributed by atoms with Crippen LogP contribution < -0.4 is 5.32 Å². The Hall–Kier alpha value is -0.610. The summed E-state index contributed by atoms with van der Waals surface area (Å²) in [5.74, 6) is -0.0350. The zero-order valence-electron chi connectivity index (χ0n) is 17.3. The molecule has 156 valence electrons. The first-order valence-electron chi connectivity index (χ1n) is 11.3. The fraction of sp³-hybridized carbons (Fsp3) is 0.955. The van der Waals surface area contributed by atoms with Gasteiger partial charge < -0.3 is 15.5 Å². The second-order valence-electron chi connectivity index (χ2n) is 7.65. The number of unbranched alkanes of at least 4 members (excludes halogenated alkanes) is 12. The Morgan fingerprint density at radius 1 is 0.769 bits per heavy atom. The van der Waals surface area contributed by atoms with Gasteiger partial charge in [0.15, 0.2) is 0 Å². The normalized spacial score (nSPS) is 12.3. The SMILES string of the molecule is CCCCCCCCCCCCCCCC(O)CCCC(=O)NCCO. The lowest BCUT2D eigenvalue weighted by atomic mass is 10.0. The van der Waals surface area contributed by atoms with Gasteiger partial charge in [-0.1, -0.05) is 90.4 Å². The summed E-state index contributed by atoms with van der Waals surface area (Å²) >= 11 is 0. The predicted octanol–water partition coefficient (Wildman–Crippen LogP) is 5.11. The summed E-state index contributed by atoms with van der Waals surface area (Å²) < 4.78 is 0. The molecule has 0 saturated heterocycles. The Kier molecular flexibility index (Phi) is 20.2. The fourth-order valence-electron chi connectivity index (χ4n) is 3.32. The van der Waals surface area contributed by atoms with Crippen molar-refractivity contribution in [2.75, 3.05) is 13.2 Å². The van der Waals surface area contributed by atoms with Gasteiger partial charge in [-0.2, -0.15) is 0 Å². The fourth-order valence-corrected chi connectivity index (χ4v) is 3.32. The van der Waals surface area contributed by atoms with Crippen molar-refractivity contribution in [2.45, 2.75) is 122 Å². The van der Waals surface area contributed by atoms with E-state index in [4.69, 9.17) is 5.11 Å². The first-order chi connectivity index (χ1) is 12.7. The van der Waals surface area contributed by atoms with Crippen molar-refractivity contribution < 1.29 is 15.0 Å². The highest BCUT2D eigenvalue weighted by atomic mass is 16.3. The van der Waals surface area contributed by atoms with Gasteiger partial charge in [-0.3, -0.25) is 4.79 Å². The van der Waals surface area contributed by atoms with Crippen LogP contribution in [0.2, 0.25) is 0 Å². The van der Waals surface area contributed by atoms with Crippen molar-refractivity contribution in [3.63, 3.8) is 0 Å². The van der Waals surface area contributed by atoms with E-state index in [1.807, 2.05) is 0 Å². The highest BCUT2D eigenvalue weighted by Crippen LogP contribution is 2.14. The van der Waals surface area contributed by atoms with E-state index in [0.717, 1.165) is 19.3 Å². The smallest absolute Gasteiger partial charge is 0.220 e. The van der Waals surface area contributed by atoms with Crippen molar-refractivity contribution in [1.82, 2.24) is 5.32 Å². The molecule has 1 atom stereocenters. The minimum absolute atomic E-state index is 0.0204. The van der Waals surface area contributed by atoms with E-state index >= 15 is 0 Å². The molecule has 1 amide bonds. The van der Waals surface area contributed by atoms with E-state index in [2.05, 4.69) is 12.2 Å². The first kappa shape index (κ1) is 25.4. The molecule has 0 rings (SSSR count). The number of carbonyl (C=O) groups excluding carboxylic acids is 1. The van der Waals surface area contributed by atoms with Crippen LogP contribution in [0.1, 0.15) is 116 Å². The molecule has 0 aliphatic carbocycles. The third-order valence-corrected chi connectivity index (χ3v) is 5.02. The molecule has 0 aliphatic rings. The molecule has 26 heavy (non-hydrogen) atoms. The number of rotatable bonds is 20. The average Bonchev–Trinajstić information content (AvgIpc) is 2.63. The van der Waals surface area contributed by atoms with Gasteiger partial charge in [-0.25, -0.2) is 0 Å². The predicted molar refractivity (Wildman–Crippen MR) is 110 cm³/mol. The van der Waals surface area contributed by atoms with E-state index < -0.39 is 0 Å². The monoisotopic (exact) mass is 371 g/mol. The molecule has 0 spiro atoms. The summed E-state index contributed by atoms with van der Waals surface area (Å²) in [4.78, 5) is 11.4. The van der Waals surface area contributed by atoms with Crippen LogP contribution in [0, 0.1) is 0 Å². The molecule has 3 N–H and O–H groups in total. The highest BCUT2D eigenvalue weighted by Gasteiger charge is 2.06. The number of hydrogen-bond acceptors (Lipinski definition) is 3. The maximum absolute atomic E-state index is 11.4. The molecular formula is C22H45NO3. The zero-order valence-corrected chi connectivity index (χ0v) is 17.3. The number of carbonyl (C=O) groups is 1. The maximum atomic E-state index is 11.4. The quantitative estimate of drug-likeness (QED) is 0.261. The van der Waals surface area contributed by atoms with Crippen LogP contribution in [0.4, 0.5) is 0 Å². The number of aliphatic hydroxyl groups excluding tert-OH is 2. The van der Waals surface area contributed by atoms with Crippen molar-refractivity contribution >= 4 is 5.91 Å². The van der Waals surface area contributed by atoms with Gasteiger partial charge >= 0.3 is 0 Å². The lowest BCUT2D eigenvalue weighted by Crippen LogP contribution is -2.26. The molecular weight excluding hydrogens is 326 g/mol. The number of nitrogens with one attached hydrogen (secondary N) is 1. The standard InChI is InChI=1S/C22H45NO3/c1-2-3-4-5-6-7-8-9-10-11-12-13-14-16-21(25)17-15-18-22(26)23-19-20-24/h21,24-25H,2-20H2,1H3,(H,23,26). The van der Waals surface area contributed by atoms with Gasteiger partial charge in [-0.05, 0) is 19.3 Å². The van der Waals surface area contributed by atoms with E-state index in [0.29, 0.717) is 19.4 Å². The van der Waals surface area contributed by atoms with E-state index in [1.165, 1.54) is 77.0 Å². The van der Waals surface area contributed by atoms with Gasteiger partial charge in [0.2, 0.25) is 5.91 Å². The molecule has 0 radical (unpaired) electrons. The third-order valence-electron chi connectivity index (χ3n) is 5.02. The molecule has 0 aliphatic heterocycles. The molecule has 4 heteroatoms. The topological polar surface area (TPSA) is 69.6 Å². The molecule has 0 aromatic heterocycles. The van der Waals surface area contributed by atoms with Crippen LogP contribution in [0.25, 0.3) is 0 Å². The zero-order chi connectivity index (χ0) is 19.3. The van der Waals surface area contributed by atoms with Crippen LogP contribution in [0.3, 0.4) is 0 Å². The lowest BCUT2D eigenvalue weighted by molar-refractivity contribution is -0.121. The van der Waals surface area contributed by atoms with Crippen LogP contribution in [0.5, 0.6) is 0 Å². The number of aliphatic hydroxyl groups is 2. The summed E-state index contributed by atoms with van der Waals surface area (Å²) in [6.07, 6.45) is 19.9. The molecule has 0 aromatic rings. The highest BCUT2D eigenvalue weighted by molar-refractivity contribution is 5.75. The van der Waals surface area contributed by atoms with Crippen LogP contribution in [-0.2, 0) is 4.79 Å². The number of amides is 1. The van der Waals surface area contributed by atoms with Crippen molar-refractivity contribution in [3.8, 4) is 0 Å². The minimum atomic E-state index is -0.270. The lowest BCUT2D eigenvalue weighted by Gasteiger charge is -2.10. The average molecular weight is 372 g/mol. The maximum Gasteiger partial charge on any atom is 0.220 e. The molecule has 4 nitrogen and oxygen atoms in total. The van der Waals surface area contributed by atoms with Crippen LogP contribution >= 0.6 is 0 Å². The summed E-state index contributed by atoms with van der Waals surface area (Å²) in [6.45, 7) is 2.57. The van der Waals surface area contributed by atoms with E-state index in [-0.39, 0.29) is 18.6 Å². The van der Waals surface area contributed by atoms with Crippen LogP contribution in [-0.4, -0.2) is 35.4 Å². The van der Waals surface area contributed by atoms with Crippen molar-refractivity contribution in [2.24, 2.45) is 0 Å². The molecule has 0 fully saturated rings. The van der Waals surface area contributed by atoms with Crippen molar-refractivity contribution in [3.05, 3.63) is 0 Å². The van der Waals surface area contributed by atoms with Gasteiger partial charge in [0.25, 0.3) is 0 Å². The van der Waals surface area contributed by atoms with Crippen LogP contribution in [0.15, 0.2) is 0 Å². The summed E-state index contributed by atoms with van der Waals surface area (Å²) in [6, 6.07) is 0. The van der Waals surface area contributed by atoms with Gasteiger partial charge in [0.1, 0.15) is 0 Å². The van der Waals surface area contributed by atoms with Gasteiger partial charge in [0, 0.05) is 13.0 Å².